The Kier molecular flexibility index (Phi) is 4.88. The second-order valence-corrected chi connectivity index (χ2v) is 8.97. The molecule has 0 amide bonds. The molecule has 0 saturated carbocycles. The van der Waals surface area contributed by atoms with Gasteiger partial charge in [0.05, 0.1) is 5.69 Å². The third-order valence-electron chi connectivity index (χ3n) is 5.83. The van der Waals surface area contributed by atoms with E-state index in [4.69, 9.17) is 16.6 Å². The Labute approximate surface area is 180 Å². The van der Waals surface area contributed by atoms with E-state index in [1.54, 1.807) is 0 Å². The molecule has 4 nitrogen and oxygen atoms in total. The second kappa shape index (κ2) is 7.54. The summed E-state index contributed by atoms with van der Waals surface area (Å²) in [6, 6.07) is 17.3. The van der Waals surface area contributed by atoms with Gasteiger partial charge in [-0.3, -0.25) is 9.98 Å². The van der Waals surface area contributed by atoms with Crippen molar-refractivity contribution in [3.63, 3.8) is 0 Å². The normalized spacial score (nSPS) is 23.3. The average Bonchev–Trinajstić information content (AvgIpc) is 3.45. The van der Waals surface area contributed by atoms with E-state index in [1.165, 1.54) is 5.69 Å². The molecule has 0 radical (unpaired) electrons. The number of rotatable bonds is 4. The van der Waals surface area contributed by atoms with Crippen molar-refractivity contribution in [2.24, 2.45) is 4.99 Å². The van der Waals surface area contributed by atoms with Crippen molar-refractivity contribution in [1.29, 1.82) is 0 Å². The van der Waals surface area contributed by atoms with Gasteiger partial charge in [-0.05, 0) is 61.4 Å². The van der Waals surface area contributed by atoms with Crippen LogP contribution >= 0.6 is 23.4 Å². The first-order valence-corrected chi connectivity index (χ1v) is 11.4. The number of aliphatic imine (C=N–C) groups is 1. The SMILES string of the molecule is CC[C@H]1CSC2=N[C@@H](c3ccccn3)[C@@H](c3cccn3-c3ccc(Cl)c(C)c3)N21. The summed E-state index contributed by atoms with van der Waals surface area (Å²) in [5, 5.41) is 1.94. The number of aryl methyl sites for hydroxylation is 1. The maximum Gasteiger partial charge on any atom is 0.160 e. The molecule has 0 unspecified atom stereocenters. The van der Waals surface area contributed by atoms with Crippen LogP contribution in [-0.2, 0) is 0 Å². The lowest BCUT2D eigenvalue weighted by atomic mass is 9.99. The number of hydrogen-bond donors (Lipinski definition) is 0. The van der Waals surface area contributed by atoms with Crippen LogP contribution < -0.4 is 0 Å². The molecule has 1 saturated heterocycles. The van der Waals surface area contributed by atoms with Crippen LogP contribution in [0.4, 0.5) is 0 Å². The fourth-order valence-electron chi connectivity index (χ4n) is 4.32. The number of nitrogens with zero attached hydrogens (tertiary/aromatic N) is 4. The molecule has 29 heavy (non-hydrogen) atoms. The molecule has 3 atom stereocenters. The van der Waals surface area contributed by atoms with Crippen LogP contribution in [0, 0.1) is 6.92 Å². The fourth-order valence-corrected chi connectivity index (χ4v) is 5.78. The summed E-state index contributed by atoms with van der Waals surface area (Å²) in [6.45, 7) is 4.31. The number of pyridine rings is 1. The van der Waals surface area contributed by atoms with Gasteiger partial charge in [0.15, 0.2) is 5.17 Å². The van der Waals surface area contributed by atoms with Crippen molar-refractivity contribution >= 4 is 28.5 Å². The van der Waals surface area contributed by atoms with E-state index < -0.39 is 0 Å². The molecule has 1 aromatic carbocycles. The zero-order valence-corrected chi connectivity index (χ0v) is 18.1. The molecule has 4 heterocycles. The first kappa shape index (κ1) is 18.8. The van der Waals surface area contributed by atoms with E-state index in [2.05, 4.69) is 64.0 Å². The highest BCUT2D eigenvalue weighted by molar-refractivity contribution is 8.14. The minimum atomic E-state index is -0.00454. The second-order valence-electron chi connectivity index (χ2n) is 7.57. The predicted octanol–water partition coefficient (Wildman–Crippen LogP) is 5.81. The summed E-state index contributed by atoms with van der Waals surface area (Å²) in [5.74, 6) is 1.10. The van der Waals surface area contributed by atoms with Crippen LogP contribution in [0.15, 0.2) is 65.9 Å². The van der Waals surface area contributed by atoms with Gasteiger partial charge in [-0.1, -0.05) is 36.4 Å². The van der Waals surface area contributed by atoms with Gasteiger partial charge in [0, 0.05) is 40.6 Å². The summed E-state index contributed by atoms with van der Waals surface area (Å²) in [7, 11) is 0. The van der Waals surface area contributed by atoms with E-state index in [-0.39, 0.29) is 12.1 Å². The van der Waals surface area contributed by atoms with Crippen molar-refractivity contribution in [3.8, 4) is 5.69 Å². The number of hydrogen-bond acceptors (Lipinski definition) is 4. The Morgan fingerprint density at radius 1 is 1.17 bits per heavy atom. The Morgan fingerprint density at radius 3 is 2.83 bits per heavy atom. The van der Waals surface area contributed by atoms with Crippen molar-refractivity contribution in [2.75, 3.05) is 5.75 Å². The van der Waals surface area contributed by atoms with E-state index in [0.717, 1.165) is 39.3 Å². The van der Waals surface area contributed by atoms with E-state index in [0.29, 0.717) is 6.04 Å². The summed E-state index contributed by atoms with van der Waals surface area (Å²) in [5.41, 5.74) is 4.47. The molecule has 2 aliphatic heterocycles. The zero-order valence-electron chi connectivity index (χ0n) is 16.5. The molecular weight excluding hydrogens is 400 g/mol. The van der Waals surface area contributed by atoms with Crippen molar-refractivity contribution in [2.45, 2.75) is 38.4 Å². The lowest BCUT2D eigenvalue weighted by Gasteiger charge is -2.32. The van der Waals surface area contributed by atoms with Gasteiger partial charge in [-0.2, -0.15) is 0 Å². The van der Waals surface area contributed by atoms with Crippen molar-refractivity contribution in [3.05, 3.63) is 82.9 Å². The molecule has 0 bridgehead atoms. The largest absolute Gasteiger partial charge is 0.337 e. The zero-order chi connectivity index (χ0) is 20.0. The molecule has 0 N–H and O–H groups in total. The molecule has 2 aromatic heterocycles. The quantitative estimate of drug-likeness (QED) is 0.531. The number of thioether (sulfide) groups is 1. The molecule has 3 aromatic rings. The van der Waals surface area contributed by atoms with Crippen LogP contribution in [0.3, 0.4) is 0 Å². The molecule has 0 aliphatic carbocycles. The lowest BCUT2D eigenvalue weighted by Crippen LogP contribution is -2.36. The first-order chi connectivity index (χ1) is 14.2. The molecule has 148 valence electrons. The van der Waals surface area contributed by atoms with Gasteiger partial charge in [-0.25, -0.2) is 0 Å². The standard InChI is InChI=1S/C23H23ClN4S/c1-3-16-14-29-23-26-21(19-7-4-5-11-25-19)22(28(16)23)20-8-6-12-27(20)17-9-10-18(24)15(2)13-17/h4-13,16,21-22H,3,14H2,1-2H3/t16-,21-,22+/m0/s1. The molecule has 5 rings (SSSR count). The highest BCUT2D eigenvalue weighted by Crippen LogP contribution is 2.48. The fraction of sp³-hybridized carbons (Fsp3) is 0.304. The van der Waals surface area contributed by atoms with Crippen molar-refractivity contribution < 1.29 is 0 Å². The average molecular weight is 423 g/mol. The predicted molar refractivity (Wildman–Crippen MR) is 121 cm³/mol. The molecule has 2 aliphatic rings. The highest BCUT2D eigenvalue weighted by Gasteiger charge is 2.46. The maximum absolute atomic E-state index is 6.28. The number of fused-ring (bicyclic) bond motifs is 1. The van der Waals surface area contributed by atoms with E-state index >= 15 is 0 Å². The summed E-state index contributed by atoms with van der Waals surface area (Å²) in [4.78, 5) is 12.3. The summed E-state index contributed by atoms with van der Waals surface area (Å²) in [6.07, 6.45) is 5.11. The van der Waals surface area contributed by atoms with Crippen LogP contribution in [0.5, 0.6) is 0 Å². The van der Waals surface area contributed by atoms with Crippen LogP contribution in [0.25, 0.3) is 5.69 Å². The third kappa shape index (κ3) is 3.17. The van der Waals surface area contributed by atoms with Crippen LogP contribution in [0.2, 0.25) is 5.02 Å². The smallest absolute Gasteiger partial charge is 0.160 e. The van der Waals surface area contributed by atoms with Gasteiger partial charge in [-0.15, -0.1) is 0 Å². The molecular formula is C23H23ClN4S. The number of aromatic nitrogens is 2. The van der Waals surface area contributed by atoms with Gasteiger partial charge < -0.3 is 9.47 Å². The summed E-state index contributed by atoms with van der Waals surface area (Å²) < 4.78 is 2.28. The van der Waals surface area contributed by atoms with Gasteiger partial charge >= 0.3 is 0 Å². The van der Waals surface area contributed by atoms with Crippen LogP contribution in [-0.4, -0.2) is 31.4 Å². The monoisotopic (exact) mass is 422 g/mol. The molecule has 0 spiro atoms. The Balaban J connectivity index is 1.63. The van der Waals surface area contributed by atoms with Gasteiger partial charge in [0.25, 0.3) is 0 Å². The summed E-state index contributed by atoms with van der Waals surface area (Å²) >= 11 is 8.15. The minimum Gasteiger partial charge on any atom is -0.337 e. The Hall–Kier alpha value is -2.24. The maximum atomic E-state index is 6.28. The van der Waals surface area contributed by atoms with Gasteiger partial charge in [0.2, 0.25) is 0 Å². The Bertz CT molecular complexity index is 1060. The minimum absolute atomic E-state index is 0.00454. The third-order valence-corrected chi connectivity index (χ3v) is 7.38. The Morgan fingerprint density at radius 2 is 2.07 bits per heavy atom. The number of benzene rings is 1. The topological polar surface area (TPSA) is 33.4 Å². The highest BCUT2D eigenvalue weighted by atomic mass is 35.5. The lowest BCUT2D eigenvalue weighted by molar-refractivity contribution is 0.249. The van der Waals surface area contributed by atoms with Crippen molar-refractivity contribution in [1.82, 2.24) is 14.5 Å². The van der Waals surface area contributed by atoms with Gasteiger partial charge in [0.1, 0.15) is 12.1 Å². The van der Waals surface area contributed by atoms with E-state index in [1.807, 2.05) is 37.0 Å². The van der Waals surface area contributed by atoms with E-state index in [9.17, 15) is 0 Å². The van der Waals surface area contributed by atoms with Crippen LogP contribution in [0.1, 0.15) is 42.4 Å². The first-order valence-electron chi connectivity index (χ1n) is 10.0. The number of amidine groups is 1. The molecule has 1 fully saturated rings. The molecule has 6 heteroatoms. The number of halogens is 1.